The minimum absolute atomic E-state index is 0.00967. The molecule has 2 aliphatic heterocycles. The van der Waals surface area contributed by atoms with Crippen molar-refractivity contribution in [1.82, 2.24) is 0 Å². The number of carbonyl (C=O) groups excluding carboxylic acids is 7. The Morgan fingerprint density at radius 2 is 0.938 bits per heavy atom. The Morgan fingerprint density at radius 3 is 1.42 bits per heavy atom. The Morgan fingerprint density at radius 1 is 0.484 bits per heavy atom. The molecule has 6 aromatic rings. The number of anilines is 2. The number of benzene rings is 6. The Bertz CT molecular complexity index is 2930. The highest BCUT2D eigenvalue weighted by molar-refractivity contribution is 6.36. The van der Waals surface area contributed by atoms with Gasteiger partial charge in [0.25, 0.3) is 23.6 Å². The number of ketones is 1. The van der Waals surface area contributed by atoms with Crippen molar-refractivity contribution in [2.45, 2.75) is 44.4 Å². The number of carbonyl (C=O) groups is 7. The van der Waals surface area contributed by atoms with Crippen molar-refractivity contribution in [3.63, 3.8) is 0 Å². The predicted molar refractivity (Wildman–Crippen MR) is 233 cm³/mol. The summed E-state index contributed by atoms with van der Waals surface area (Å²) in [6.45, 7) is 1.23. The monoisotopic (exact) mass is 854 g/mol. The van der Waals surface area contributed by atoms with Gasteiger partial charge in [0, 0.05) is 35.6 Å². The van der Waals surface area contributed by atoms with Crippen LogP contribution in [-0.4, -0.2) is 48.6 Å². The van der Waals surface area contributed by atoms with Crippen LogP contribution in [-0.2, 0) is 10.2 Å². The van der Waals surface area contributed by atoms with E-state index < -0.39 is 41.5 Å². The molecule has 13 nitrogen and oxygen atoms in total. The highest BCUT2D eigenvalue weighted by Crippen LogP contribution is 2.46. The van der Waals surface area contributed by atoms with Gasteiger partial charge in [-0.05, 0) is 96.8 Å². The van der Waals surface area contributed by atoms with Gasteiger partial charge in [-0.2, -0.15) is 0 Å². The number of amides is 4. The molecule has 1 fully saturated rings. The smallest absolute Gasteiger partial charge is 0.497 e. The molecule has 3 aliphatic rings. The Kier molecular flexibility index (Phi) is 10.7. The molecule has 1 aliphatic carbocycles. The highest BCUT2D eigenvalue weighted by Gasteiger charge is 2.40. The van der Waals surface area contributed by atoms with Crippen LogP contribution in [0.15, 0.2) is 133 Å². The topological polar surface area (TPSA) is 163 Å². The largest absolute Gasteiger partial charge is 0.519 e. The maximum atomic E-state index is 13.8. The summed E-state index contributed by atoms with van der Waals surface area (Å²) in [5.41, 5.74) is 2.67. The van der Waals surface area contributed by atoms with E-state index in [9.17, 15) is 33.6 Å². The van der Waals surface area contributed by atoms with Crippen molar-refractivity contribution >= 4 is 52.9 Å². The van der Waals surface area contributed by atoms with Gasteiger partial charge in [0.15, 0.2) is 5.78 Å². The van der Waals surface area contributed by atoms with Gasteiger partial charge in [-0.25, -0.2) is 14.6 Å². The average molecular weight is 855 g/mol. The van der Waals surface area contributed by atoms with Gasteiger partial charge in [0.1, 0.15) is 23.0 Å². The maximum Gasteiger partial charge on any atom is 0.519 e. The van der Waals surface area contributed by atoms with E-state index in [0.717, 1.165) is 46.8 Å². The molecule has 0 unspecified atom stereocenters. The number of esters is 1. The number of imide groups is 2. The van der Waals surface area contributed by atoms with Crippen LogP contribution in [0.3, 0.4) is 0 Å². The number of hydrogen-bond acceptors (Lipinski definition) is 11. The number of fused-ring (bicyclic) bond motifs is 2. The summed E-state index contributed by atoms with van der Waals surface area (Å²) in [5.74, 6) is -2.55. The lowest BCUT2D eigenvalue weighted by Gasteiger charge is -2.38. The van der Waals surface area contributed by atoms with Crippen molar-refractivity contribution in [3.05, 3.63) is 178 Å². The quantitative estimate of drug-likeness (QED) is 0.0424. The lowest BCUT2D eigenvalue weighted by Crippen LogP contribution is -2.30. The zero-order valence-electron chi connectivity index (χ0n) is 34.6. The van der Waals surface area contributed by atoms with Crippen LogP contribution in [0.5, 0.6) is 23.0 Å². The minimum Gasteiger partial charge on any atom is -0.497 e. The van der Waals surface area contributed by atoms with Gasteiger partial charge in [0.2, 0.25) is 0 Å². The fraction of sp³-hybridized carbons (Fsp3) is 0.157. The molecular formula is C51H38N2O11. The van der Waals surface area contributed by atoms with E-state index in [-0.39, 0.29) is 67.4 Å². The van der Waals surface area contributed by atoms with Crippen molar-refractivity contribution in [2.24, 2.45) is 0 Å². The number of nitrogens with zero attached hydrogens (tertiary/aromatic N) is 2. The summed E-state index contributed by atoms with van der Waals surface area (Å²) in [6, 6.07) is 35.6. The van der Waals surface area contributed by atoms with Crippen LogP contribution in [0, 0.1) is 0 Å². The molecule has 0 bridgehead atoms. The Hall–Kier alpha value is -8.19. The third kappa shape index (κ3) is 7.46. The van der Waals surface area contributed by atoms with Crippen LogP contribution in [0.1, 0.15) is 108 Å². The fourth-order valence-corrected chi connectivity index (χ4v) is 8.80. The van der Waals surface area contributed by atoms with Crippen molar-refractivity contribution in [2.75, 3.05) is 16.9 Å². The molecule has 318 valence electrons. The maximum absolute atomic E-state index is 13.8. The van der Waals surface area contributed by atoms with Crippen LogP contribution < -0.4 is 28.7 Å². The van der Waals surface area contributed by atoms with E-state index in [1.54, 1.807) is 19.2 Å². The molecule has 1 saturated carbocycles. The summed E-state index contributed by atoms with van der Waals surface area (Å²) in [5, 5.41) is 0. The predicted octanol–water partition coefficient (Wildman–Crippen LogP) is 9.28. The van der Waals surface area contributed by atoms with Crippen molar-refractivity contribution < 1.29 is 52.5 Å². The van der Waals surface area contributed by atoms with Gasteiger partial charge >= 0.3 is 12.1 Å². The van der Waals surface area contributed by atoms with Gasteiger partial charge in [0.05, 0.1) is 40.7 Å². The van der Waals surface area contributed by atoms with E-state index in [0.29, 0.717) is 0 Å². The second kappa shape index (κ2) is 16.6. The molecule has 0 radical (unpaired) electrons. The van der Waals surface area contributed by atoms with E-state index in [1.165, 1.54) is 104 Å². The summed E-state index contributed by atoms with van der Waals surface area (Å²) >= 11 is 0. The zero-order valence-corrected chi connectivity index (χ0v) is 34.6. The third-order valence-corrected chi connectivity index (χ3v) is 11.9. The summed E-state index contributed by atoms with van der Waals surface area (Å²) in [7, 11) is 1.65. The van der Waals surface area contributed by atoms with Crippen molar-refractivity contribution in [3.8, 4) is 23.0 Å². The second-order valence-corrected chi connectivity index (χ2v) is 15.7. The first-order valence-corrected chi connectivity index (χ1v) is 20.6. The van der Waals surface area contributed by atoms with Gasteiger partial charge in [-0.1, -0.05) is 67.8 Å². The average Bonchev–Trinajstić information content (AvgIpc) is 3.71. The zero-order chi connectivity index (χ0) is 44.7. The first-order chi connectivity index (χ1) is 30.9. The Labute approximate surface area is 366 Å². The minimum atomic E-state index is -1.02. The van der Waals surface area contributed by atoms with Crippen LogP contribution >= 0.6 is 0 Å². The summed E-state index contributed by atoms with van der Waals surface area (Å²) in [4.78, 5) is 94.4. The van der Waals surface area contributed by atoms with E-state index in [1.807, 2.05) is 24.3 Å². The van der Waals surface area contributed by atoms with Crippen LogP contribution in [0.25, 0.3) is 0 Å². The normalized spacial score (nSPS) is 15.1. The molecule has 13 heteroatoms. The molecule has 9 rings (SSSR count). The van der Waals surface area contributed by atoms with Gasteiger partial charge < -0.3 is 18.9 Å². The number of hydrogen-bond donors (Lipinski definition) is 0. The highest BCUT2D eigenvalue weighted by atomic mass is 16.7. The van der Waals surface area contributed by atoms with Gasteiger partial charge in [-0.15, -0.1) is 0 Å². The number of ether oxygens (including phenoxy) is 4. The van der Waals surface area contributed by atoms with Crippen LogP contribution in [0.2, 0.25) is 0 Å². The fourth-order valence-electron chi connectivity index (χ4n) is 8.80. The first-order valence-electron chi connectivity index (χ1n) is 20.6. The lowest BCUT2D eigenvalue weighted by molar-refractivity contribution is -0.131. The molecule has 2 heterocycles. The summed E-state index contributed by atoms with van der Waals surface area (Å²) in [6.07, 6.45) is 4.34. The number of methoxy groups -OCH3 is 1. The molecule has 0 atom stereocenters. The van der Waals surface area contributed by atoms with Crippen molar-refractivity contribution in [1.29, 1.82) is 0 Å². The molecule has 4 amide bonds. The molecule has 0 aromatic heterocycles. The molecule has 64 heavy (non-hydrogen) atoms. The molecule has 0 spiro atoms. The van der Waals surface area contributed by atoms with E-state index >= 15 is 0 Å². The Balaban J connectivity index is 0.876. The van der Waals surface area contributed by atoms with Crippen LogP contribution in [0.4, 0.5) is 16.2 Å². The second-order valence-electron chi connectivity index (χ2n) is 15.7. The molecule has 0 saturated heterocycles. The SMILES string of the molecule is COc1ccc(C2(c3ccc(OC(=O)Oc4cccc(N5C(=O)c6ccc(C(=O)c7ccc8c(c7)C(=O)N(c7cccc(OC(C)=O)c7)C8=O)cc6C5=O)c4)cc3)CCCCC2)cc1. The standard InChI is InChI=1S/C51H38N2O11/c1-30(54)62-39-10-6-8-35(28-39)52-46(56)41-22-12-31(26-43(41)48(52)58)45(55)32-13-23-42-44(27-32)49(59)53(47(42)57)36-9-7-11-40(29-36)64-50(60)63-38-20-16-34(17-21-38)51(24-4-3-5-25-51)33-14-18-37(61-2)19-15-33/h6-23,26-29H,3-5,24-25H2,1-2H3. The third-order valence-electron chi connectivity index (χ3n) is 11.9. The van der Waals surface area contributed by atoms with E-state index in [2.05, 4.69) is 12.1 Å². The first kappa shape index (κ1) is 41.2. The molecule has 6 aromatic carbocycles. The summed E-state index contributed by atoms with van der Waals surface area (Å²) < 4.78 is 21.5. The molecular weight excluding hydrogens is 817 g/mol. The van der Waals surface area contributed by atoms with Gasteiger partial charge in [-0.3, -0.25) is 28.8 Å². The lowest BCUT2D eigenvalue weighted by atomic mass is 9.65. The molecule has 0 N–H and O–H groups in total. The number of rotatable bonds is 10. The van der Waals surface area contributed by atoms with E-state index in [4.69, 9.17) is 18.9 Å².